The minimum absolute atomic E-state index is 0.0266. The van der Waals surface area contributed by atoms with Crippen LogP contribution >= 0.6 is 0 Å². The summed E-state index contributed by atoms with van der Waals surface area (Å²) in [6.45, 7) is 0.797. The molecule has 1 fully saturated rings. The highest BCUT2D eigenvalue weighted by Crippen LogP contribution is 2.32. The Morgan fingerprint density at radius 3 is 2.43 bits per heavy atom. The Bertz CT molecular complexity index is 842. The highest BCUT2D eigenvalue weighted by molar-refractivity contribution is 7.89. The van der Waals surface area contributed by atoms with E-state index in [1.807, 2.05) is 0 Å². The summed E-state index contributed by atoms with van der Waals surface area (Å²) >= 11 is 0. The molecule has 0 spiro atoms. The van der Waals surface area contributed by atoms with Gasteiger partial charge in [-0.15, -0.1) is 0 Å². The van der Waals surface area contributed by atoms with Crippen molar-refractivity contribution in [2.75, 3.05) is 13.7 Å². The Labute approximate surface area is 165 Å². The molecule has 1 aromatic rings. The largest absolute Gasteiger partial charge is 0.454 e. The van der Waals surface area contributed by atoms with E-state index in [-0.39, 0.29) is 4.90 Å². The van der Waals surface area contributed by atoms with Crippen LogP contribution in [0.25, 0.3) is 0 Å². The minimum atomic E-state index is -3.88. The molecular weight excluding hydrogens is 382 g/mol. The molecule has 1 saturated carbocycles. The monoisotopic (exact) mass is 407 g/mol. The van der Waals surface area contributed by atoms with Crippen LogP contribution in [0, 0.1) is 11.3 Å². The number of sulfonamides is 1. The number of nitrogens with one attached hydrogen (secondary N) is 1. The standard InChI is InChI=1S/C19H25N3O5S/c1-15(21-28(25,26)16-9-5-3-6-10-16)18(24)27-13-17(23)22(2)19(14-20)11-7-4-8-12-19/h3,5-6,9-10,15,21H,4,7-8,11-13H2,1-2H3. The van der Waals surface area contributed by atoms with Gasteiger partial charge in [0.05, 0.1) is 11.0 Å². The third-order valence-corrected chi connectivity index (χ3v) is 6.54. The van der Waals surface area contributed by atoms with Crippen LogP contribution in [0.2, 0.25) is 0 Å². The van der Waals surface area contributed by atoms with Crippen LogP contribution in [0.1, 0.15) is 39.0 Å². The van der Waals surface area contributed by atoms with Gasteiger partial charge in [0.15, 0.2) is 6.61 Å². The second-order valence-electron chi connectivity index (χ2n) is 6.92. The summed E-state index contributed by atoms with van der Waals surface area (Å²) in [4.78, 5) is 25.9. The Hall–Kier alpha value is -2.44. The summed E-state index contributed by atoms with van der Waals surface area (Å²) in [7, 11) is -2.35. The SMILES string of the molecule is CC(NS(=O)(=O)c1ccccc1)C(=O)OCC(=O)N(C)C1(C#N)CCCCC1. The van der Waals surface area contributed by atoms with Crippen molar-refractivity contribution in [2.24, 2.45) is 0 Å². The predicted octanol–water partition coefficient (Wildman–Crippen LogP) is 1.58. The number of benzene rings is 1. The molecular formula is C19H25N3O5S. The first-order valence-corrected chi connectivity index (χ1v) is 10.6. The highest BCUT2D eigenvalue weighted by Gasteiger charge is 2.39. The number of likely N-dealkylation sites (N-methyl/N-ethyl adjacent to an activating group) is 1. The molecule has 0 bridgehead atoms. The molecule has 1 aliphatic carbocycles. The van der Waals surface area contributed by atoms with Crippen LogP contribution < -0.4 is 4.72 Å². The quantitative estimate of drug-likeness (QED) is 0.686. The molecule has 1 aliphatic rings. The average molecular weight is 407 g/mol. The van der Waals surface area contributed by atoms with Gasteiger partial charge in [0.25, 0.3) is 5.91 Å². The second-order valence-corrected chi connectivity index (χ2v) is 8.63. The van der Waals surface area contributed by atoms with Crippen molar-refractivity contribution in [3.05, 3.63) is 30.3 Å². The van der Waals surface area contributed by atoms with E-state index in [9.17, 15) is 23.3 Å². The van der Waals surface area contributed by atoms with Gasteiger partial charge >= 0.3 is 5.97 Å². The van der Waals surface area contributed by atoms with Crippen molar-refractivity contribution in [3.8, 4) is 6.07 Å². The number of esters is 1. The first-order valence-electron chi connectivity index (χ1n) is 9.14. The van der Waals surface area contributed by atoms with E-state index in [0.29, 0.717) is 12.8 Å². The van der Waals surface area contributed by atoms with Gasteiger partial charge in [0.2, 0.25) is 10.0 Å². The van der Waals surface area contributed by atoms with Crippen LogP contribution in [-0.2, 0) is 24.3 Å². The van der Waals surface area contributed by atoms with Crippen LogP contribution in [0.15, 0.2) is 35.2 Å². The van der Waals surface area contributed by atoms with Crippen LogP contribution in [0.3, 0.4) is 0 Å². The fraction of sp³-hybridized carbons (Fsp3) is 0.526. The topological polar surface area (TPSA) is 117 Å². The van der Waals surface area contributed by atoms with Crippen LogP contribution in [-0.4, -0.2) is 50.4 Å². The molecule has 1 atom stereocenters. The van der Waals surface area contributed by atoms with E-state index < -0.39 is 40.1 Å². The number of nitriles is 1. The fourth-order valence-corrected chi connectivity index (χ4v) is 4.41. The summed E-state index contributed by atoms with van der Waals surface area (Å²) in [6.07, 6.45) is 3.94. The number of amides is 1. The summed E-state index contributed by atoms with van der Waals surface area (Å²) < 4.78 is 31.7. The third-order valence-electron chi connectivity index (χ3n) is 4.98. The third kappa shape index (κ3) is 5.09. The molecule has 0 radical (unpaired) electrons. The molecule has 0 aromatic heterocycles. The van der Waals surface area contributed by atoms with Gasteiger partial charge in [-0.1, -0.05) is 37.5 Å². The molecule has 8 nitrogen and oxygen atoms in total. The lowest BCUT2D eigenvalue weighted by Crippen LogP contribution is -2.51. The van der Waals surface area contributed by atoms with E-state index in [0.717, 1.165) is 19.3 Å². The molecule has 2 rings (SSSR count). The van der Waals surface area contributed by atoms with Gasteiger partial charge in [-0.25, -0.2) is 8.42 Å². The average Bonchev–Trinajstić information content (AvgIpc) is 2.71. The summed E-state index contributed by atoms with van der Waals surface area (Å²) in [5.41, 5.74) is -0.873. The van der Waals surface area contributed by atoms with Crippen LogP contribution in [0.4, 0.5) is 0 Å². The predicted molar refractivity (Wildman–Crippen MR) is 101 cm³/mol. The zero-order valence-electron chi connectivity index (χ0n) is 16.1. The summed E-state index contributed by atoms with van der Waals surface area (Å²) in [5.74, 6) is -1.36. The maximum absolute atomic E-state index is 12.4. The van der Waals surface area contributed by atoms with E-state index >= 15 is 0 Å². The lowest BCUT2D eigenvalue weighted by atomic mass is 9.81. The first kappa shape index (κ1) is 21.9. The van der Waals surface area contributed by atoms with Gasteiger partial charge in [-0.05, 0) is 31.9 Å². The van der Waals surface area contributed by atoms with Gasteiger partial charge < -0.3 is 9.64 Å². The Morgan fingerprint density at radius 1 is 1.25 bits per heavy atom. The van der Waals surface area contributed by atoms with Gasteiger partial charge in [0, 0.05) is 7.05 Å². The van der Waals surface area contributed by atoms with E-state index in [1.54, 1.807) is 18.2 Å². The maximum Gasteiger partial charge on any atom is 0.324 e. The molecule has 0 heterocycles. The fourth-order valence-electron chi connectivity index (χ4n) is 3.20. The molecule has 1 N–H and O–H groups in total. The molecule has 152 valence electrons. The number of nitrogens with zero attached hydrogens (tertiary/aromatic N) is 2. The van der Waals surface area contributed by atoms with Crippen molar-refractivity contribution in [1.29, 1.82) is 5.26 Å². The van der Waals surface area contributed by atoms with Crippen molar-refractivity contribution >= 4 is 21.9 Å². The van der Waals surface area contributed by atoms with Gasteiger partial charge in [-0.3, -0.25) is 9.59 Å². The molecule has 1 amide bonds. The van der Waals surface area contributed by atoms with E-state index in [4.69, 9.17) is 4.74 Å². The zero-order valence-corrected chi connectivity index (χ0v) is 16.9. The molecule has 28 heavy (non-hydrogen) atoms. The van der Waals surface area contributed by atoms with Crippen LogP contribution in [0.5, 0.6) is 0 Å². The van der Waals surface area contributed by atoms with Gasteiger partial charge in [-0.2, -0.15) is 9.98 Å². The summed E-state index contributed by atoms with van der Waals surface area (Å²) in [5, 5.41) is 9.53. The normalized spacial score (nSPS) is 17.2. The van der Waals surface area contributed by atoms with Crippen molar-refractivity contribution < 1.29 is 22.7 Å². The Kier molecular flexibility index (Phi) is 7.16. The molecule has 0 saturated heterocycles. The number of rotatable bonds is 7. The first-order chi connectivity index (χ1) is 13.2. The lowest BCUT2D eigenvalue weighted by Gasteiger charge is -2.38. The van der Waals surface area contributed by atoms with Gasteiger partial charge in [0.1, 0.15) is 11.6 Å². The van der Waals surface area contributed by atoms with Crippen molar-refractivity contribution in [1.82, 2.24) is 9.62 Å². The zero-order chi connectivity index (χ0) is 20.8. The number of hydrogen-bond acceptors (Lipinski definition) is 6. The molecule has 1 aromatic carbocycles. The van der Waals surface area contributed by atoms with E-state index in [1.165, 1.54) is 31.0 Å². The number of carbonyl (C=O) groups is 2. The molecule has 9 heteroatoms. The minimum Gasteiger partial charge on any atom is -0.454 e. The summed E-state index contributed by atoms with van der Waals surface area (Å²) in [6, 6.07) is 8.70. The number of hydrogen-bond donors (Lipinski definition) is 1. The maximum atomic E-state index is 12.4. The number of carbonyl (C=O) groups excluding carboxylic acids is 2. The number of ether oxygens (including phenoxy) is 1. The Morgan fingerprint density at radius 2 is 1.86 bits per heavy atom. The Balaban J connectivity index is 1.92. The molecule has 0 aliphatic heterocycles. The second kappa shape index (κ2) is 9.17. The van der Waals surface area contributed by atoms with Crippen molar-refractivity contribution in [2.45, 2.75) is 55.5 Å². The lowest BCUT2D eigenvalue weighted by molar-refractivity contribution is -0.154. The van der Waals surface area contributed by atoms with Crippen molar-refractivity contribution in [3.63, 3.8) is 0 Å². The smallest absolute Gasteiger partial charge is 0.324 e. The molecule has 1 unspecified atom stereocenters. The van der Waals surface area contributed by atoms with E-state index in [2.05, 4.69) is 10.8 Å². The highest BCUT2D eigenvalue weighted by atomic mass is 32.2.